The summed E-state index contributed by atoms with van der Waals surface area (Å²) >= 11 is 0. The van der Waals surface area contributed by atoms with Crippen LogP contribution in [0.5, 0.6) is 5.75 Å². The Morgan fingerprint density at radius 3 is 2.52 bits per heavy atom. The van der Waals surface area contributed by atoms with E-state index in [1.165, 1.54) is 18.3 Å². The second kappa shape index (κ2) is 6.01. The first-order chi connectivity index (χ1) is 11.0. The van der Waals surface area contributed by atoms with Gasteiger partial charge in [-0.3, -0.25) is 4.98 Å². The Morgan fingerprint density at radius 2 is 1.78 bits per heavy atom. The van der Waals surface area contributed by atoms with Gasteiger partial charge in [-0.2, -0.15) is 0 Å². The quantitative estimate of drug-likeness (QED) is 0.798. The van der Waals surface area contributed by atoms with Crippen molar-refractivity contribution in [3.63, 3.8) is 0 Å². The van der Waals surface area contributed by atoms with E-state index in [9.17, 15) is 13.5 Å². The van der Waals surface area contributed by atoms with Crippen molar-refractivity contribution in [3.05, 3.63) is 65.9 Å². The van der Waals surface area contributed by atoms with Crippen molar-refractivity contribution in [3.8, 4) is 5.75 Å². The Kier molecular flexibility index (Phi) is 4.05. The lowest BCUT2D eigenvalue weighted by molar-refractivity contribution is 0.480. The van der Waals surface area contributed by atoms with Gasteiger partial charge in [-0.1, -0.05) is 29.8 Å². The van der Waals surface area contributed by atoms with Crippen molar-refractivity contribution in [1.29, 1.82) is 0 Å². The molecule has 0 unspecified atom stereocenters. The first kappa shape index (κ1) is 15.5. The summed E-state index contributed by atoms with van der Waals surface area (Å²) in [7, 11) is -3.46. The number of aromatic nitrogens is 1. The Labute approximate surface area is 135 Å². The van der Waals surface area contributed by atoms with Crippen molar-refractivity contribution in [2.75, 3.05) is 5.75 Å². The van der Waals surface area contributed by atoms with Gasteiger partial charge >= 0.3 is 0 Å². The molecule has 0 radical (unpaired) electrons. The summed E-state index contributed by atoms with van der Waals surface area (Å²) in [6.45, 7) is 2.00. The van der Waals surface area contributed by atoms with Crippen LogP contribution in [-0.2, 0) is 16.3 Å². The number of sulfone groups is 1. The summed E-state index contributed by atoms with van der Waals surface area (Å²) in [5.74, 6) is 0.00302. The van der Waals surface area contributed by atoms with E-state index in [4.69, 9.17) is 0 Å². The van der Waals surface area contributed by atoms with Crippen LogP contribution in [0.2, 0.25) is 0 Å². The first-order valence-corrected chi connectivity index (χ1v) is 8.97. The molecule has 118 valence electrons. The standard InChI is InChI=1S/C18H17NO3S/c1-13-4-6-14(7-5-13)10-12-23(21,22)17-9-8-16(20)18-15(17)3-2-11-19-18/h2-9,11,20H,10,12H2,1H3. The number of phenolic OH excluding ortho intramolecular Hbond substituents is 1. The summed E-state index contributed by atoms with van der Waals surface area (Å²) < 4.78 is 25.4. The molecule has 0 saturated carbocycles. The molecule has 23 heavy (non-hydrogen) atoms. The molecule has 4 nitrogen and oxygen atoms in total. The molecule has 0 atom stereocenters. The van der Waals surface area contributed by atoms with Crippen molar-refractivity contribution in [1.82, 2.24) is 4.98 Å². The average Bonchev–Trinajstić information content (AvgIpc) is 2.55. The number of rotatable bonds is 4. The van der Waals surface area contributed by atoms with Crippen molar-refractivity contribution in [2.45, 2.75) is 18.2 Å². The predicted octanol–water partition coefficient (Wildman–Crippen LogP) is 3.27. The molecule has 0 aliphatic carbocycles. The van der Waals surface area contributed by atoms with Gasteiger partial charge in [0.1, 0.15) is 11.3 Å². The molecule has 0 bridgehead atoms. The molecule has 1 aromatic heterocycles. The van der Waals surface area contributed by atoms with Crippen LogP contribution >= 0.6 is 0 Å². The molecule has 0 spiro atoms. The molecule has 3 aromatic rings. The van der Waals surface area contributed by atoms with Gasteiger partial charge in [0.05, 0.1) is 10.6 Å². The van der Waals surface area contributed by atoms with Crippen molar-refractivity contribution < 1.29 is 13.5 Å². The van der Waals surface area contributed by atoms with E-state index in [2.05, 4.69) is 4.98 Å². The van der Waals surface area contributed by atoms with Crippen LogP contribution in [0.3, 0.4) is 0 Å². The highest BCUT2D eigenvalue weighted by molar-refractivity contribution is 7.91. The maximum atomic E-state index is 12.7. The van der Waals surface area contributed by atoms with Gasteiger partial charge in [-0.05, 0) is 43.2 Å². The van der Waals surface area contributed by atoms with E-state index in [1.54, 1.807) is 12.1 Å². The molecule has 1 N–H and O–H groups in total. The van der Waals surface area contributed by atoms with Gasteiger partial charge in [0.25, 0.3) is 0 Å². The van der Waals surface area contributed by atoms with Crippen LogP contribution in [0.4, 0.5) is 0 Å². The van der Waals surface area contributed by atoms with E-state index in [-0.39, 0.29) is 16.4 Å². The molecular formula is C18H17NO3S. The Hall–Kier alpha value is -2.40. The lowest BCUT2D eigenvalue weighted by atomic mass is 10.1. The first-order valence-electron chi connectivity index (χ1n) is 7.32. The number of fused-ring (bicyclic) bond motifs is 1. The summed E-state index contributed by atoms with van der Waals surface area (Å²) in [4.78, 5) is 4.28. The molecule has 0 aliphatic heterocycles. The maximum absolute atomic E-state index is 12.7. The number of nitrogens with zero attached hydrogens (tertiary/aromatic N) is 1. The minimum Gasteiger partial charge on any atom is -0.506 e. The lowest BCUT2D eigenvalue weighted by Gasteiger charge is -2.09. The number of phenols is 1. The molecule has 0 aliphatic rings. The summed E-state index contributed by atoms with van der Waals surface area (Å²) in [5, 5.41) is 10.3. The molecule has 0 amide bonds. The molecule has 2 aromatic carbocycles. The fourth-order valence-electron chi connectivity index (χ4n) is 2.52. The third-order valence-corrected chi connectivity index (χ3v) is 5.59. The average molecular weight is 327 g/mol. The number of hydrogen-bond acceptors (Lipinski definition) is 4. The van der Waals surface area contributed by atoms with E-state index in [0.717, 1.165) is 11.1 Å². The maximum Gasteiger partial charge on any atom is 0.179 e. The van der Waals surface area contributed by atoms with Gasteiger partial charge in [0, 0.05) is 11.6 Å². The summed E-state index contributed by atoms with van der Waals surface area (Å²) in [6.07, 6.45) is 1.98. The summed E-state index contributed by atoms with van der Waals surface area (Å²) in [5.41, 5.74) is 2.44. The highest BCUT2D eigenvalue weighted by atomic mass is 32.2. The highest BCUT2D eigenvalue weighted by Crippen LogP contribution is 2.29. The number of benzene rings is 2. The van der Waals surface area contributed by atoms with E-state index in [0.29, 0.717) is 17.3 Å². The van der Waals surface area contributed by atoms with Gasteiger partial charge in [0.15, 0.2) is 9.84 Å². The summed E-state index contributed by atoms with van der Waals surface area (Å²) in [6, 6.07) is 14.0. The number of aromatic hydroxyl groups is 1. The third-order valence-electron chi connectivity index (χ3n) is 3.82. The topological polar surface area (TPSA) is 67.3 Å². The zero-order valence-electron chi connectivity index (χ0n) is 12.7. The normalized spacial score (nSPS) is 11.7. The fourth-order valence-corrected chi connectivity index (χ4v) is 4.02. The number of hydrogen-bond donors (Lipinski definition) is 1. The predicted molar refractivity (Wildman–Crippen MR) is 90.3 cm³/mol. The van der Waals surface area contributed by atoms with Gasteiger partial charge in [0.2, 0.25) is 0 Å². The van der Waals surface area contributed by atoms with Crippen LogP contribution in [0, 0.1) is 6.92 Å². The fraction of sp³-hybridized carbons (Fsp3) is 0.167. The van der Waals surface area contributed by atoms with E-state index in [1.807, 2.05) is 31.2 Å². The highest BCUT2D eigenvalue weighted by Gasteiger charge is 2.19. The van der Waals surface area contributed by atoms with Gasteiger partial charge in [-0.15, -0.1) is 0 Å². The molecule has 0 fully saturated rings. The minimum absolute atomic E-state index is 0.0157. The second-order valence-electron chi connectivity index (χ2n) is 5.54. The van der Waals surface area contributed by atoms with Crippen LogP contribution in [0.1, 0.15) is 11.1 Å². The third kappa shape index (κ3) is 3.19. The Bertz CT molecular complexity index is 948. The molecule has 0 saturated heterocycles. The van der Waals surface area contributed by atoms with Gasteiger partial charge in [-0.25, -0.2) is 8.42 Å². The monoisotopic (exact) mass is 327 g/mol. The number of pyridine rings is 1. The SMILES string of the molecule is Cc1ccc(CCS(=O)(=O)c2ccc(O)c3ncccc23)cc1. The second-order valence-corrected chi connectivity index (χ2v) is 7.61. The molecule has 3 rings (SSSR count). The van der Waals surface area contributed by atoms with Crippen LogP contribution < -0.4 is 0 Å². The van der Waals surface area contributed by atoms with E-state index >= 15 is 0 Å². The van der Waals surface area contributed by atoms with E-state index < -0.39 is 9.84 Å². The Morgan fingerprint density at radius 1 is 1.04 bits per heavy atom. The van der Waals surface area contributed by atoms with Crippen molar-refractivity contribution in [2.24, 2.45) is 0 Å². The largest absolute Gasteiger partial charge is 0.506 e. The van der Waals surface area contributed by atoms with Crippen LogP contribution in [0.15, 0.2) is 59.6 Å². The minimum atomic E-state index is -3.46. The zero-order chi connectivity index (χ0) is 16.4. The Balaban J connectivity index is 1.94. The van der Waals surface area contributed by atoms with Crippen molar-refractivity contribution >= 4 is 20.7 Å². The molecule has 5 heteroatoms. The van der Waals surface area contributed by atoms with Crippen LogP contribution in [0.25, 0.3) is 10.9 Å². The number of aryl methyl sites for hydroxylation is 2. The molecular weight excluding hydrogens is 310 g/mol. The van der Waals surface area contributed by atoms with Gasteiger partial charge < -0.3 is 5.11 Å². The lowest BCUT2D eigenvalue weighted by Crippen LogP contribution is -2.10. The zero-order valence-corrected chi connectivity index (χ0v) is 13.5. The smallest absolute Gasteiger partial charge is 0.179 e. The van der Waals surface area contributed by atoms with Crippen LogP contribution in [-0.4, -0.2) is 24.3 Å². The molecule has 1 heterocycles.